The highest BCUT2D eigenvalue weighted by Gasteiger charge is 2.26. The summed E-state index contributed by atoms with van der Waals surface area (Å²) in [7, 11) is 0. The van der Waals surface area contributed by atoms with Gasteiger partial charge in [0.05, 0.1) is 0 Å². The fraction of sp³-hybridized carbons (Fsp3) is 0.125. The van der Waals surface area contributed by atoms with Gasteiger partial charge < -0.3 is 14.6 Å². The summed E-state index contributed by atoms with van der Waals surface area (Å²) in [5.74, 6) is -2.21. The molecule has 14 heavy (non-hydrogen) atoms. The van der Waals surface area contributed by atoms with Gasteiger partial charge in [0.1, 0.15) is 10.6 Å². The van der Waals surface area contributed by atoms with Crippen LogP contribution < -0.4 is 9.47 Å². The molecule has 1 aromatic rings. The first kappa shape index (κ1) is 9.08. The maximum atomic E-state index is 13.3. The van der Waals surface area contributed by atoms with Crippen molar-refractivity contribution in [2.75, 3.05) is 6.79 Å². The molecular weight excluding hydrogens is 215 g/mol. The second-order valence-electron chi connectivity index (χ2n) is 2.59. The van der Waals surface area contributed by atoms with Gasteiger partial charge in [-0.2, -0.15) is 0 Å². The summed E-state index contributed by atoms with van der Waals surface area (Å²) < 4.78 is 23.0. The third-order valence-corrected chi connectivity index (χ3v) is 2.11. The summed E-state index contributed by atoms with van der Waals surface area (Å²) in [6, 6.07) is 1.05. The fourth-order valence-corrected chi connectivity index (χ4v) is 1.38. The number of hydrogen-bond acceptors (Lipinski definition) is 3. The topological polar surface area (TPSA) is 55.8 Å². The van der Waals surface area contributed by atoms with E-state index >= 15 is 0 Å². The molecule has 0 saturated heterocycles. The van der Waals surface area contributed by atoms with Crippen molar-refractivity contribution in [3.63, 3.8) is 0 Å². The van der Waals surface area contributed by atoms with Crippen molar-refractivity contribution >= 4 is 17.6 Å². The van der Waals surface area contributed by atoms with E-state index in [0.717, 1.165) is 6.07 Å². The van der Waals surface area contributed by atoms with E-state index in [4.69, 9.17) is 26.2 Å². The molecule has 2 rings (SSSR count). The molecular formula is C8H4ClFO4. The number of aromatic carboxylic acids is 1. The quantitative estimate of drug-likeness (QED) is 0.782. The van der Waals surface area contributed by atoms with E-state index in [-0.39, 0.29) is 23.3 Å². The largest absolute Gasteiger partial charge is 0.478 e. The molecule has 0 atom stereocenters. The lowest BCUT2D eigenvalue weighted by Gasteiger charge is -2.03. The second-order valence-corrected chi connectivity index (χ2v) is 2.97. The van der Waals surface area contributed by atoms with Crippen LogP contribution in [0.2, 0.25) is 5.02 Å². The van der Waals surface area contributed by atoms with Gasteiger partial charge in [-0.15, -0.1) is 0 Å². The standard InChI is InChI=1S/C8H4ClFO4/c9-5-6(10)3(8(11)12)1-4-7(5)14-2-13-4/h1H,2H2,(H,11,12). The van der Waals surface area contributed by atoms with Crippen LogP contribution in [0.25, 0.3) is 0 Å². The van der Waals surface area contributed by atoms with Gasteiger partial charge in [-0.1, -0.05) is 11.6 Å². The predicted octanol–water partition coefficient (Wildman–Crippen LogP) is 1.91. The highest BCUT2D eigenvalue weighted by Crippen LogP contribution is 2.41. The molecule has 0 spiro atoms. The molecule has 1 aliphatic heterocycles. The van der Waals surface area contributed by atoms with Crippen LogP contribution >= 0.6 is 11.6 Å². The molecule has 0 unspecified atom stereocenters. The van der Waals surface area contributed by atoms with Crippen molar-refractivity contribution in [3.8, 4) is 11.5 Å². The summed E-state index contributed by atoms with van der Waals surface area (Å²) in [6.07, 6.45) is 0. The summed E-state index contributed by atoms with van der Waals surface area (Å²) in [6.45, 7) is -0.0857. The Morgan fingerprint density at radius 3 is 2.93 bits per heavy atom. The SMILES string of the molecule is O=C(O)c1cc2c(c(Cl)c1F)OCO2. The lowest BCUT2D eigenvalue weighted by Crippen LogP contribution is -2.01. The van der Waals surface area contributed by atoms with Crippen LogP contribution in [0.4, 0.5) is 4.39 Å². The molecule has 0 saturated carbocycles. The number of hydrogen-bond donors (Lipinski definition) is 1. The first-order chi connectivity index (χ1) is 6.61. The first-order valence-corrected chi connectivity index (χ1v) is 4.00. The Balaban J connectivity index is 2.67. The van der Waals surface area contributed by atoms with Crippen molar-refractivity contribution in [1.29, 1.82) is 0 Å². The minimum atomic E-state index is -1.40. The van der Waals surface area contributed by atoms with E-state index in [1.54, 1.807) is 0 Å². The number of ether oxygens (including phenoxy) is 2. The van der Waals surface area contributed by atoms with E-state index in [1.807, 2.05) is 0 Å². The molecule has 0 bridgehead atoms. The minimum absolute atomic E-state index is 0.0502. The average molecular weight is 219 g/mol. The molecule has 74 valence electrons. The Bertz CT molecular complexity index is 418. The molecule has 0 aliphatic carbocycles. The van der Waals surface area contributed by atoms with Gasteiger partial charge >= 0.3 is 5.97 Å². The molecule has 1 heterocycles. The molecule has 1 aromatic carbocycles. The van der Waals surface area contributed by atoms with Crippen LogP contribution in [0.15, 0.2) is 6.07 Å². The monoisotopic (exact) mass is 218 g/mol. The Hall–Kier alpha value is -1.49. The Kier molecular flexibility index (Phi) is 1.96. The molecule has 1 aliphatic rings. The normalized spacial score (nSPS) is 13.0. The van der Waals surface area contributed by atoms with Gasteiger partial charge in [-0.25, -0.2) is 9.18 Å². The number of rotatable bonds is 1. The van der Waals surface area contributed by atoms with Crippen molar-refractivity contribution in [2.45, 2.75) is 0 Å². The fourth-order valence-electron chi connectivity index (χ4n) is 1.14. The second kappa shape index (κ2) is 3.02. The van der Waals surface area contributed by atoms with Crippen LogP contribution in [-0.4, -0.2) is 17.9 Å². The molecule has 4 nitrogen and oxygen atoms in total. The highest BCUT2D eigenvalue weighted by molar-refractivity contribution is 6.32. The van der Waals surface area contributed by atoms with Crippen molar-refractivity contribution in [3.05, 3.63) is 22.5 Å². The zero-order valence-electron chi connectivity index (χ0n) is 6.71. The molecule has 1 N–H and O–H groups in total. The van der Waals surface area contributed by atoms with Gasteiger partial charge in [0, 0.05) is 6.07 Å². The van der Waals surface area contributed by atoms with Crippen molar-refractivity contribution in [1.82, 2.24) is 0 Å². The minimum Gasteiger partial charge on any atom is -0.478 e. The van der Waals surface area contributed by atoms with Gasteiger partial charge in [0.2, 0.25) is 6.79 Å². The number of carbonyl (C=O) groups is 1. The average Bonchev–Trinajstić information content (AvgIpc) is 2.58. The van der Waals surface area contributed by atoms with Crippen LogP contribution in [0, 0.1) is 5.82 Å². The van der Waals surface area contributed by atoms with Crippen LogP contribution in [-0.2, 0) is 0 Å². The third kappa shape index (κ3) is 1.17. The number of carboxylic acids is 1. The van der Waals surface area contributed by atoms with Gasteiger partial charge in [0.25, 0.3) is 0 Å². The van der Waals surface area contributed by atoms with E-state index in [0.29, 0.717) is 0 Å². The molecule has 6 heteroatoms. The van der Waals surface area contributed by atoms with Crippen molar-refractivity contribution < 1.29 is 23.8 Å². The first-order valence-electron chi connectivity index (χ1n) is 3.62. The molecule has 0 aromatic heterocycles. The zero-order chi connectivity index (χ0) is 10.3. The molecule has 0 amide bonds. The molecule has 0 radical (unpaired) electrons. The number of fused-ring (bicyclic) bond motifs is 1. The maximum Gasteiger partial charge on any atom is 0.338 e. The molecule has 0 fully saturated rings. The van der Waals surface area contributed by atoms with E-state index in [1.165, 1.54) is 0 Å². The number of halogens is 2. The van der Waals surface area contributed by atoms with E-state index < -0.39 is 17.3 Å². The van der Waals surface area contributed by atoms with E-state index in [9.17, 15) is 9.18 Å². The maximum absolute atomic E-state index is 13.3. The Morgan fingerprint density at radius 2 is 2.29 bits per heavy atom. The van der Waals surface area contributed by atoms with Crippen LogP contribution in [0.3, 0.4) is 0 Å². The predicted molar refractivity (Wildman–Crippen MR) is 44.5 cm³/mol. The zero-order valence-corrected chi connectivity index (χ0v) is 7.47. The Labute approximate surface area is 82.8 Å². The lowest BCUT2D eigenvalue weighted by molar-refractivity contribution is 0.0691. The van der Waals surface area contributed by atoms with Crippen molar-refractivity contribution in [2.24, 2.45) is 0 Å². The summed E-state index contributed by atoms with van der Waals surface area (Å²) in [4.78, 5) is 10.6. The summed E-state index contributed by atoms with van der Waals surface area (Å²) >= 11 is 5.54. The van der Waals surface area contributed by atoms with Crippen LogP contribution in [0.5, 0.6) is 11.5 Å². The number of carboxylic acid groups (broad SMARTS) is 1. The van der Waals surface area contributed by atoms with Gasteiger partial charge in [-0.3, -0.25) is 0 Å². The lowest BCUT2D eigenvalue weighted by atomic mass is 10.2. The van der Waals surface area contributed by atoms with Crippen LogP contribution in [0.1, 0.15) is 10.4 Å². The Morgan fingerprint density at radius 1 is 1.57 bits per heavy atom. The summed E-state index contributed by atoms with van der Waals surface area (Å²) in [5, 5.41) is 8.26. The highest BCUT2D eigenvalue weighted by atomic mass is 35.5. The third-order valence-electron chi connectivity index (χ3n) is 1.78. The van der Waals surface area contributed by atoms with Gasteiger partial charge in [-0.05, 0) is 0 Å². The summed E-state index contributed by atoms with van der Waals surface area (Å²) in [5.41, 5.74) is -0.528. The smallest absolute Gasteiger partial charge is 0.338 e. The van der Waals surface area contributed by atoms with E-state index in [2.05, 4.69) is 0 Å². The van der Waals surface area contributed by atoms with Gasteiger partial charge in [0.15, 0.2) is 17.3 Å². The number of benzene rings is 1.